The Morgan fingerprint density at radius 2 is 2.35 bits per heavy atom. The van der Waals surface area contributed by atoms with Gasteiger partial charge in [-0.25, -0.2) is 4.39 Å². The summed E-state index contributed by atoms with van der Waals surface area (Å²) in [5, 5.41) is 3.49. The summed E-state index contributed by atoms with van der Waals surface area (Å²) in [5.74, 6) is -0.134. The highest BCUT2D eigenvalue weighted by atomic mass is 79.9. The van der Waals surface area contributed by atoms with Crippen molar-refractivity contribution in [2.45, 2.75) is 25.8 Å². The van der Waals surface area contributed by atoms with E-state index in [1.54, 1.807) is 6.07 Å². The van der Waals surface area contributed by atoms with Gasteiger partial charge in [-0.1, -0.05) is 22.9 Å². The molecule has 1 aliphatic rings. The van der Waals surface area contributed by atoms with Gasteiger partial charge in [0.25, 0.3) is 0 Å². The van der Waals surface area contributed by atoms with E-state index in [4.69, 9.17) is 0 Å². The Kier molecular flexibility index (Phi) is 4.40. The first-order valence-electron chi connectivity index (χ1n) is 6.14. The molecule has 1 aromatic rings. The molecule has 1 aliphatic heterocycles. The second-order valence-electron chi connectivity index (χ2n) is 4.45. The Bertz CT molecular complexity index is 384. The lowest BCUT2D eigenvalue weighted by molar-refractivity contribution is 0.525. The number of rotatable bonds is 2. The minimum absolute atomic E-state index is 0.134. The highest BCUT2D eigenvalue weighted by Gasteiger charge is 2.18. The zero-order valence-electron chi connectivity index (χ0n) is 10.0. The lowest BCUT2D eigenvalue weighted by Gasteiger charge is -2.26. The average Bonchev–Trinajstić information content (AvgIpc) is 2.57. The first-order valence-corrected chi connectivity index (χ1v) is 6.93. The second kappa shape index (κ2) is 5.83. The van der Waals surface area contributed by atoms with Crippen molar-refractivity contribution in [3.63, 3.8) is 0 Å². The zero-order chi connectivity index (χ0) is 12.3. The predicted molar refractivity (Wildman–Crippen MR) is 73.0 cm³/mol. The van der Waals surface area contributed by atoms with Gasteiger partial charge in [-0.2, -0.15) is 0 Å². The van der Waals surface area contributed by atoms with Gasteiger partial charge in [0.2, 0.25) is 0 Å². The zero-order valence-corrected chi connectivity index (χ0v) is 11.6. The third-order valence-electron chi connectivity index (χ3n) is 3.22. The Hall–Kier alpha value is -0.610. The highest BCUT2D eigenvalue weighted by Crippen LogP contribution is 2.25. The molecule has 0 bridgehead atoms. The van der Waals surface area contributed by atoms with E-state index in [-0.39, 0.29) is 5.82 Å². The molecule has 0 amide bonds. The fraction of sp³-hybridized carbons (Fsp3) is 0.538. The van der Waals surface area contributed by atoms with Gasteiger partial charge < -0.3 is 10.2 Å². The third-order valence-corrected chi connectivity index (χ3v) is 3.71. The number of hydrogen-bond donors (Lipinski definition) is 1. The van der Waals surface area contributed by atoms with Crippen molar-refractivity contribution in [1.82, 2.24) is 5.32 Å². The number of benzene rings is 1. The van der Waals surface area contributed by atoms with Crippen LogP contribution in [0.2, 0.25) is 0 Å². The fourth-order valence-electron chi connectivity index (χ4n) is 2.22. The largest absolute Gasteiger partial charge is 0.368 e. The lowest BCUT2D eigenvalue weighted by Crippen LogP contribution is -2.37. The number of nitrogens with one attached hydrogen (secondary N) is 1. The lowest BCUT2D eigenvalue weighted by atomic mass is 10.2. The van der Waals surface area contributed by atoms with E-state index in [1.165, 1.54) is 6.07 Å². The number of hydrogen-bond acceptors (Lipinski definition) is 2. The van der Waals surface area contributed by atoms with Crippen LogP contribution in [0.5, 0.6) is 0 Å². The summed E-state index contributed by atoms with van der Waals surface area (Å²) < 4.78 is 14.8. The Morgan fingerprint density at radius 1 is 1.53 bits per heavy atom. The van der Waals surface area contributed by atoms with Crippen LogP contribution in [-0.4, -0.2) is 25.7 Å². The maximum atomic E-state index is 13.8. The molecule has 4 heteroatoms. The van der Waals surface area contributed by atoms with Crippen LogP contribution in [0.1, 0.15) is 19.8 Å². The van der Waals surface area contributed by atoms with Crippen LogP contribution in [0.25, 0.3) is 0 Å². The SMILES string of the molecule is CCC1CN(c2cc(Br)ccc2F)CCCN1. The van der Waals surface area contributed by atoms with Gasteiger partial charge in [0.05, 0.1) is 5.69 Å². The van der Waals surface area contributed by atoms with Gasteiger partial charge in [0.15, 0.2) is 0 Å². The minimum Gasteiger partial charge on any atom is -0.368 e. The normalized spacial score (nSPS) is 21.4. The number of halogens is 2. The summed E-state index contributed by atoms with van der Waals surface area (Å²) in [5.41, 5.74) is 0.710. The first-order chi connectivity index (χ1) is 8.20. The molecular weight excluding hydrogens is 283 g/mol. The fourth-order valence-corrected chi connectivity index (χ4v) is 2.57. The number of anilines is 1. The minimum atomic E-state index is -0.134. The molecule has 2 nitrogen and oxygen atoms in total. The summed E-state index contributed by atoms with van der Waals surface area (Å²) in [7, 11) is 0. The van der Waals surface area contributed by atoms with Gasteiger partial charge in [-0.15, -0.1) is 0 Å². The van der Waals surface area contributed by atoms with Crippen molar-refractivity contribution in [3.8, 4) is 0 Å². The van der Waals surface area contributed by atoms with Crippen molar-refractivity contribution < 1.29 is 4.39 Å². The molecule has 1 heterocycles. The van der Waals surface area contributed by atoms with Gasteiger partial charge in [0.1, 0.15) is 5.82 Å². The Morgan fingerprint density at radius 3 is 3.12 bits per heavy atom. The summed E-state index contributed by atoms with van der Waals surface area (Å²) in [6.45, 7) is 4.98. The van der Waals surface area contributed by atoms with Crippen LogP contribution in [0, 0.1) is 5.82 Å². The van der Waals surface area contributed by atoms with E-state index in [1.807, 2.05) is 6.07 Å². The van der Waals surface area contributed by atoms with Crippen LogP contribution < -0.4 is 10.2 Å². The Labute approximate surface area is 110 Å². The molecular formula is C13H18BrFN2. The third kappa shape index (κ3) is 3.19. The quantitative estimate of drug-likeness (QED) is 0.902. The number of nitrogens with zero attached hydrogens (tertiary/aromatic N) is 1. The molecule has 1 atom stereocenters. The van der Waals surface area contributed by atoms with Crippen LogP contribution in [-0.2, 0) is 0 Å². The Balaban J connectivity index is 2.21. The van der Waals surface area contributed by atoms with Crippen molar-refractivity contribution in [2.24, 2.45) is 0 Å². The van der Waals surface area contributed by atoms with E-state index in [2.05, 4.69) is 33.1 Å². The van der Waals surface area contributed by atoms with E-state index in [0.29, 0.717) is 11.7 Å². The van der Waals surface area contributed by atoms with Crippen molar-refractivity contribution >= 4 is 21.6 Å². The molecule has 1 saturated heterocycles. The van der Waals surface area contributed by atoms with Gasteiger partial charge in [-0.05, 0) is 37.6 Å². The molecule has 1 unspecified atom stereocenters. The molecule has 0 aliphatic carbocycles. The van der Waals surface area contributed by atoms with Crippen LogP contribution in [0.4, 0.5) is 10.1 Å². The maximum absolute atomic E-state index is 13.8. The van der Waals surface area contributed by atoms with E-state index in [0.717, 1.165) is 36.9 Å². The topological polar surface area (TPSA) is 15.3 Å². The molecule has 1 N–H and O–H groups in total. The maximum Gasteiger partial charge on any atom is 0.146 e. The molecule has 17 heavy (non-hydrogen) atoms. The van der Waals surface area contributed by atoms with Gasteiger partial charge in [0, 0.05) is 23.6 Å². The molecule has 0 aromatic heterocycles. The second-order valence-corrected chi connectivity index (χ2v) is 5.37. The monoisotopic (exact) mass is 300 g/mol. The molecule has 1 fully saturated rings. The molecule has 94 valence electrons. The molecule has 0 saturated carbocycles. The summed E-state index contributed by atoms with van der Waals surface area (Å²) >= 11 is 3.41. The van der Waals surface area contributed by atoms with Crippen molar-refractivity contribution in [1.29, 1.82) is 0 Å². The van der Waals surface area contributed by atoms with Crippen molar-refractivity contribution in [3.05, 3.63) is 28.5 Å². The highest BCUT2D eigenvalue weighted by molar-refractivity contribution is 9.10. The van der Waals surface area contributed by atoms with E-state index < -0.39 is 0 Å². The van der Waals surface area contributed by atoms with E-state index in [9.17, 15) is 4.39 Å². The molecule has 0 spiro atoms. The summed E-state index contributed by atoms with van der Waals surface area (Å²) in [6, 6.07) is 5.59. The summed E-state index contributed by atoms with van der Waals surface area (Å²) in [4.78, 5) is 2.15. The molecule has 0 radical (unpaired) electrons. The average molecular weight is 301 g/mol. The molecule has 2 rings (SSSR count). The van der Waals surface area contributed by atoms with E-state index >= 15 is 0 Å². The van der Waals surface area contributed by atoms with Crippen molar-refractivity contribution in [2.75, 3.05) is 24.5 Å². The van der Waals surface area contributed by atoms with Crippen LogP contribution >= 0.6 is 15.9 Å². The smallest absolute Gasteiger partial charge is 0.146 e. The van der Waals surface area contributed by atoms with Crippen LogP contribution in [0.15, 0.2) is 22.7 Å². The van der Waals surface area contributed by atoms with Gasteiger partial charge >= 0.3 is 0 Å². The van der Waals surface area contributed by atoms with Gasteiger partial charge in [-0.3, -0.25) is 0 Å². The first kappa shape index (κ1) is 12.8. The summed E-state index contributed by atoms with van der Waals surface area (Å²) in [6.07, 6.45) is 2.13. The standard InChI is InChI=1S/C13H18BrFN2/c1-2-11-9-17(7-3-6-16-11)13-8-10(14)4-5-12(13)15/h4-5,8,11,16H,2-3,6-7,9H2,1H3. The van der Waals surface area contributed by atoms with Crippen LogP contribution in [0.3, 0.4) is 0 Å². The predicted octanol–water partition coefficient (Wildman–Crippen LogP) is 3.17. The molecule has 1 aromatic carbocycles.